The van der Waals surface area contributed by atoms with Crippen LogP contribution in [0.5, 0.6) is 5.75 Å². The van der Waals surface area contributed by atoms with Crippen molar-refractivity contribution in [2.24, 2.45) is 0 Å². The third kappa shape index (κ3) is 5.56. The van der Waals surface area contributed by atoms with Gasteiger partial charge in [-0.05, 0) is 46.3 Å². The monoisotopic (exact) mass is 462 g/mol. The van der Waals surface area contributed by atoms with E-state index in [1.807, 2.05) is 0 Å². The van der Waals surface area contributed by atoms with E-state index in [2.05, 4.69) is 21.2 Å². The number of methoxy groups -OCH3 is 1. The van der Waals surface area contributed by atoms with E-state index >= 15 is 0 Å². The molecule has 0 unspecified atom stereocenters. The molecule has 3 rings (SSSR count). The number of ether oxygens (including phenoxy) is 3. The standard InChI is InChI=1S/C21H23BrN2O5/c1-27-12-13-29-19-7-6-15(14-17(19)22)20(25)23-18-5-3-2-4-16(18)21(26)24-8-10-28-11-9-24/h2-7,14H,8-13H2,1H3,(H,23,25). The number of nitrogens with zero attached hydrogens (tertiary/aromatic N) is 1. The highest BCUT2D eigenvalue weighted by Crippen LogP contribution is 2.27. The van der Waals surface area contributed by atoms with Gasteiger partial charge in [0, 0.05) is 25.8 Å². The van der Waals surface area contributed by atoms with Crippen LogP contribution in [0.3, 0.4) is 0 Å². The lowest BCUT2D eigenvalue weighted by Crippen LogP contribution is -2.41. The fraction of sp³-hybridized carbons (Fsp3) is 0.333. The molecule has 1 fully saturated rings. The van der Waals surface area contributed by atoms with Gasteiger partial charge in [0.25, 0.3) is 11.8 Å². The van der Waals surface area contributed by atoms with Crippen LogP contribution < -0.4 is 10.1 Å². The number of para-hydroxylation sites is 1. The minimum Gasteiger partial charge on any atom is -0.490 e. The summed E-state index contributed by atoms with van der Waals surface area (Å²) in [5.41, 5.74) is 1.39. The van der Waals surface area contributed by atoms with Gasteiger partial charge in [0.05, 0.1) is 35.5 Å². The van der Waals surface area contributed by atoms with Crippen LogP contribution >= 0.6 is 15.9 Å². The minimum absolute atomic E-state index is 0.118. The highest BCUT2D eigenvalue weighted by atomic mass is 79.9. The Morgan fingerprint density at radius 3 is 2.62 bits per heavy atom. The lowest BCUT2D eigenvalue weighted by atomic mass is 10.1. The molecule has 1 heterocycles. The first-order valence-electron chi connectivity index (χ1n) is 9.29. The number of anilines is 1. The number of halogens is 1. The van der Waals surface area contributed by atoms with Crippen molar-refractivity contribution in [3.63, 3.8) is 0 Å². The van der Waals surface area contributed by atoms with Gasteiger partial charge < -0.3 is 24.4 Å². The van der Waals surface area contributed by atoms with Gasteiger partial charge in [-0.3, -0.25) is 9.59 Å². The molecule has 0 radical (unpaired) electrons. The topological polar surface area (TPSA) is 77.1 Å². The Morgan fingerprint density at radius 1 is 1.14 bits per heavy atom. The van der Waals surface area contributed by atoms with Crippen molar-refractivity contribution >= 4 is 33.4 Å². The summed E-state index contributed by atoms with van der Waals surface area (Å²) in [6.45, 7) is 3.01. The van der Waals surface area contributed by atoms with E-state index < -0.39 is 0 Å². The summed E-state index contributed by atoms with van der Waals surface area (Å²) in [5, 5.41) is 2.85. The Kier molecular flexibility index (Phi) is 7.62. The molecular weight excluding hydrogens is 440 g/mol. The summed E-state index contributed by atoms with van der Waals surface area (Å²) in [4.78, 5) is 27.3. The quantitative estimate of drug-likeness (QED) is 0.639. The fourth-order valence-electron chi connectivity index (χ4n) is 2.90. The van der Waals surface area contributed by atoms with Gasteiger partial charge in [0.15, 0.2) is 0 Å². The van der Waals surface area contributed by atoms with Crippen molar-refractivity contribution in [3.8, 4) is 5.75 Å². The predicted octanol–water partition coefficient (Wildman–Crippen LogP) is 3.20. The maximum absolute atomic E-state index is 12.8. The lowest BCUT2D eigenvalue weighted by Gasteiger charge is -2.27. The van der Waals surface area contributed by atoms with Gasteiger partial charge in [0.2, 0.25) is 0 Å². The van der Waals surface area contributed by atoms with Crippen LogP contribution in [0.2, 0.25) is 0 Å². The van der Waals surface area contributed by atoms with Crippen molar-refractivity contribution in [2.75, 3.05) is 51.9 Å². The maximum Gasteiger partial charge on any atom is 0.256 e. The largest absolute Gasteiger partial charge is 0.490 e. The van der Waals surface area contributed by atoms with E-state index in [1.165, 1.54) is 0 Å². The summed E-state index contributed by atoms with van der Waals surface area (Å²) in [6, 6.07) is 12.1. The van der Waals surface area contributed by atoms with E-state index in [4.69, 9.17) is 14.2 Å². The average molecular weight is 463 g/mol. The Hall–Kier alpha value is -2.42. The molecule has 2 aromatic carbocycles. The van der Waals surface area contributed by atoms with Gasteiger partial charge in [-0.2, -0.15) is 0 Å². The molecular formula is C21H23BrN2O5. The zero-order chi connectivity index (χ0) is 20.6. The second-order valence-corrected chi connectivity index (χ2v) is 7.25. The predicted molar refractivity (Wildman–Crippen MR) is 113 cm³/mol. The molecule has 2 amide bonds. The Bertz CT molecular complexity index is 868. The first kappa shape index (κ1) is 21.3. The Balaban J connectivity index is 1.72. The van der Waals surface area contributed by atoms with Crippen LogP contribution in [0, 0.1) is 0 Å². The molecule has 0 aromatic heterocycles. The average Bonchev–Trinajstić information content (AvgIpc) is 2.75. The van der Waals surface area contributed by atoms with Crippen molar-refractivity contribution in [1.82, 2.24) is 4.90 Å². The zero-order valence-corrected chi connectivity index (χ0v) is 17.7. The maximum atomic E-state index is 12.8. The molecule has 154 valence electrons. The molecule has 0 aliphatic carbocycles. The molecule has 8 heteroatoms. The number of morpholine rings is 1. The number of carbonyl (C=O) groups excluding carboxylic acids is 2. The molecule has 0 bridgehead atoms. The first-order valence-corrected chi connectivity index (χ1v) is 10.1. The molecule has 0 spiro atoms. The van der Waals surface area contributed by atoms with Gasteiger partial charge in [-0.25, -0.2) is 0 Å². The van der Waals surface area contributed by atoms with Gasteiger partial charge in [-0.15, -0.1) is 0 Å². The van der Waals surface area contributed by atoms with Crippen LogP contribution in [0.4, 0.5) is 5.69 Å². The van der Waals surface area contributed by atoms with Gasteiger partial charge in [0.1, 0.15) is 12.4 Å². The molecule has 1 aliphatic heterocycles. The molecule has 2 aromatic rings. The van der Waals surface area contributed by atoms with Crippen LogP contribution in [0.25, 0.3) is 0 Å². The summed E-state index contributed by atoms with van der Waals surface area (Å²) in [7, 11) is 1.60. The molecule has 0 saturated carbocycles. The van der Waals surface area contributed by atoms with Crippen molar-refractivity contribution in [1.29, 1.82) is 0 Å². The number of benzene rings is 2. The SMILES string of the molecule is COCCOc1ccc(C(=O)Nc2ccccc2C(=O)N2CCOCC2)cc1Br. The molecule has 29 heavy (non-hydrogen) atoms. The first-order chi connectivity index (χ1) is 14.1. The summed E-state index contributed by atoms with van der Waals surface area (Å²) >= 11 is 3.42. The minimum atomic E-state index is -0.309. The third-order valence-corrected chi connectivity index (χ3v) is 5.06. The second kappa shape index (κ2) is 10.4. The van der Waals surface area contributed by atoms with Gasteiger partial charge >= 0.3 is 0 Å². The number of hydrogen-bond acceptors (Lipinski definition) is 5. The van der Waals surface area contributed by atoms with Crippen LogP contribution in [0.15, 0.2) is 46.9 Å². The molecule has 0 atom stereocenters. The lowest BCUT2D eigenvalue weighted by molar-refractivity contribution is 0.0303. The summed E-state index contributed by atoms with van der Waals surface area (Å²) < 4.78 is 16.5. The summed E-state index contributed by atoms with van der Waals surface area (Å²) in [6.07, 6.45) is 0. The van der Waals surface area contributed by atoms with Crippen LogP contribution in [-0.2, 0) is 9.47 Å². The van der Waals surface area contributed by atoms with Crippen molar-refractivity contribution in [3.05, 3.63) is 58.1 Å². The van der Waals surface area contributed by atoms with E-state index in [0.717, 1.165) is 0 Å². The van der Waals surface area contributed by atoms with Gasteiger partial charge in [-0.1, -0.05) is 12.1 Å². The zero-order valence-electron chi connectivity index (χ0n) is 16.2. The van der Waals surface area contributed by atoms with Crippen LogP contribution in [-0.4, -0.2) is 63.3 Å². The van der Waals surface area contributed by atoms with E-state index in [-0.39, 0.29) is 11.8 Å². The molecule has 7 nitrogen and oxygen atoms in total. The number of rotatable bonds is 7. The second-order valence-electron chi connectivity index (χ2n) is 6.39. The highest BCUT2D eigenvalue weighted by Gasteiger charge is 2.22. The smallest absolute Gasteiger partial charge is 0.256 e. The van der Waals surface area contributed by atoms with E-state index in [0.29, 0.717) is 66.6 Å². The third-order valence-electron chi connectivity index (χ3n) is 4.44. The molecule has 1 saturated heterocycles. The molecule has 1 N–H and O–H groups in total. The number of hydrogen-bond donors (Lipinski definition) is 1. The van der Waals surface area contributed by atoms with Crippen LogP contribution in [0.1, 0.15) is 20.7 Å². The Morgan fingerprint density at radius 2 is 1.90 bits per heavy atom. The number of nitrogens with one attached hydrogen (secondary N) is 1. The van der Waals surface area contributed by atoms with Crippen molar-refractivity contribution in [2.45, 2.75) is 0 Å². The summed E-state index contributed by atoms with van der Waals surface area (Å²) in [5.74, 6) is 0.199. The fourth-order valence-corrected chi connectivity index (χ4v) is 3.40. The van der Waals surface area contributed by atoms with Crippen molar-refractivity contribution < 1.29 is 23.8 Å². The number of carbonyl (C=O) groups is 2. The molecule has 1 aliphatic rings. The van der Waals surface area contributed by atoms with E-state index in [9.17, 15) is 9.59 Å². The van der Waals surface area contributed by atoms with E-state index in [1.54, 1.807) is 54.5 Å². The highest BCUT2D eigenvalue weighted by molar-refractivity contribution is 9.10. The number of amides is 2. The normalized spacial score (nSPS) is 13.8. The Labute approximate surface area is 178 Å².